The molecular formula is C14H14N2O2. The van der Waals surface area contributed by atoms with Crippen LogP contribution in [0.1, 0.15) is 5.56 Å². The Balaban J connectivity index is 1.95. The second kappa shape index (κ2) is 6.30. The van der Waals surface area contributed by atoms with Crippen molar-refractivity contribution >= 4 is 12.1 Å². The summed E-state index contributed by atoms with van der Waals surface area (Å²) in [7, 11) is 0. The van der Waals surface area contributed by atoms with E-state index in [-0.39, 0.29) is 0 Å². The molecule has 2 rings (SSSR count). The lowest BCUT2D eigenvalue weighted by Gasteiger charge is -2.09. The van der Waals surface area contributed by atoms with Crippen molar-refractivity contribution in [1.82, 2.24) is 5.43 Å². The molecule has 0 bridgehead atoms. The molecule has 0 aliphatic heterocycles. The van der Waals surface area contributed by atoms with Crippen molar-refractivity contribution < 1.29 is 9.53 Å². The van der Waals surface area contributed by atoms with Crippen molar-refractivity contribution in [2.45, 2.75) is 6.61 Å². The number of anilines is 1. The van der Waals surface area contributed by atoms with Crippen molar-refractivity contribution in [2.24, 2.45) is 0 Å². The molecule has 0 saturated carbocycles. The molecule has 0 heterocycles. The molecular weight excluding hydrogens is 228 g/mol. The number of ether oxygens (including phenoxy) is 1. The Morgan fingerprint density at radius 3 is 2.67 bits per heavy atom. The third kappa shape index (κ3) is 3.52. The van der Waals surface area contributed by atoms with Crippen LogP contribution in [0.25, 0.3) is 0 Å². The van der Waals surface area contributed by atoms with Gasteiger partial charge in [0.2, 0.25) is 6.41 Å². The zero-order chi connectivity index (χ0) is 12.6. The molecule has 0 fully saturated rings. The van der Waals surface area contributed by atoms with E-state index in [2.05, 4.69) is 10.9 Å². The Morgan fingerprint density at radius 2 is 1.89 bits per heavy atom. The predicted molar refractivity (Wildman–Crippen MR) is 70.0 cm³/mol. The van der Waals surface area contributed by atoms with Gasteiger partial charge in [0.25, 0.3) is 0 Å². The van der Waals surface area contributed by atoms with Gasteiger partial charge >= 0.3 is 0 Å². The first-order valence-electron chi connectivity index (χ1n) is 5.60. The highest BCUT2D eigenvalue weighted by Crippen LogP contribution is 2.17. The van der Waals surface area contributed by atoms with Gasteiger partial charge in [-0.1, -0.05) is 36.4 Å². The molecule has 18 heavy (non-hydrogen) atoms. The Bertz CT molecular complexity index is 500. The Morgan fingerprint density at radius 1 is 1.06 bits per heavy atom. The lowest BCUT2D eigenvalue weighted by molar-refractivity contribution is -0.109. The van der Waals surface area contributed by atoms with E-state index >= 15 is 0 Å². The number of carbonyl (C=O) groups is 1. The summed E-state index contributed by atoms with van der Waals surface area (Å²) in [6.07, 6.45) is 0.581. The molecule has 0 aliphatic rings. The Labute approximate surface area is 106 Å². The fourth-order valence-corrected chi connectivity index (χ4v) is 1.52. The first-order valence-corrected chi connectivity index (χ1v) is 5.60. The summed E-state index contributed by atoms with van der Waals surface area (Å²) >= 11 is 0. The summed E-state index contributed by atoms with van der Waals surface area (Å²) in [6.45, 7) is 0.519. The third-order valence-electron chi connectivity index (χ3n) is 2.36. The van der Waals surface area contributed by atoms with Crippen molar-refractivity contribution in [2.75, 3.05) is 5.43 Å². The molecule has 2 aromatic carbocycles. The average Bonchev–Trinajstić information content (AvgIpc) is 2.44. The highest BCUT2D eigenvalue weighted by atomic mass is 16.5. The normalized spacial score (nSPS) is 9.56. The largest absolute Gasteiger partial charge is 0.489 e. The molecule has 92 valence electrons. The smallest absolute Gasteiger partial charge is 0.225 e. The molecule has 2 aromatic rings. The van der Waals surface area contributed by atoms with E-state index in [9.17, 15) is 4.79 Å². The lowest BCUT2D eigenvalue weighted by Crippen LogP contribution is -2.18. The van der Waals surface area contributed by atoms with Crippen molar-refractivity contribution in [3.05, 3.63) is 60.2 Å². The van der Waals surface area contributed by atoms with Gasteiger partial charge < -0.3 is 4.74 Å². The van der Waals surface area contributed by atoms with Crippen LogP contribution in [-0.4, -0.2) is 6.41 Å². The quantitative estimate of drug-likeness (QED) is 0.604. The molecule has 4 heteroatoms. The van der Waals surface area contributed by atoms with Crippen LogP contribution in [-0.2, 0) is 11.4 Å². The van der Waals surface area contributed by atoms with E-state index < -0.39 is 0 Å². The second-order valence-electron chi connectivity index (χ2n) is 3.69. The SMILES string of the molecule is O=CNNc1cccc(OCc2ccccc2)c1. The van der Waals surface area contributed by atoms with Gasteiger partial charge in [0.15, 0.2) is 0 Å². The topological polar surface area (TPSA) is 50.4 Å². The predicted octanol–water partition coefficient (Wildman–Crippen LogP) is 2.34. The monoisotopic (exact) mass is 242 g/mol. The summed E-state index contributed by atoms with van der Waals surface area (Å²) in [5.41, 5.74) is 7.00. The van der Waals surface area contributed by atoms with E-state index in [0.29, 0.717) is 13.0 Å². The number of hydrogen-bond acceptors (Lipinski definition) is 3. The fraction of sp³-hybridized carbons (Fsp3) is 0.0714. The maximum atomic E-state index is 10.2. The molecule has 0 aromatic heterocycles. The van der Waals surface area contributed by atoms with E-state index in [4.69, 9.17) is 4.74 Å². The Hall–Kier alpha value is -2.49. The zero-order valence-corrected chi connectivity index (χ0v) is 9.80. The summed E-state index contributed by atoms with van der Waals surface area (Å²) in [5, 5.41) is 0. The number of nitrogens with one attached hydrogen (secondary N) is 2. The standard InChI is InChI=1S/C14H14N2O2/c17-11-15-16-13-7-4-8-14(9-13)18-10-12-5-2-1-3-6-12/h1-9,11,16H,10H2,(H,15,17). The molecule has 0 unspecified atom stereocenters. The van der Waals surface area contributed by atoms with Gasteiger partial charge in [0.05, 0.1) is 5.69 Å². The number of hydrazine groups is 1. The average molecular weight is 242 g/mol. The minimum Gasteiger partial charge on any atom is -0.489 e. The third-order valence-corrected chi connectivity index (χ3v) is 2.36. The number of amides is 1. The Kier molecular flexibility index (Phi) is 4.19. The van der Waals surface area contributed by atoms with E-state index in [1.807, 2.05) is 54.6 Å². The first-order chi connectivity index (χ1) is 8.88. The zero-order valence-electron chi connectivity index (χ0n) is 9.80. The minimum absolute atomic E-state index is 0.519. The van der Waals surface area contributed by atoms with Crippen LogP contribution in [0.3, 0.4) is 0 Å². The van der Waals surface area contributed by atoms with Crippen LogP contribution >= 0.6 is 0 Å². The fourth-order valence-electron chi connectivity index (χ4n) is 1.52. The number of rotatable bonds is 6. The van der Waals surface area contributed by atoms with Crippen LogP contribution < -0.4 is 15.6 Å². The van der Waals surface area contributed by atoms with Gasteiger partial charge in [-0.15, -0.1) is 0 Å². The van der Waals surface area contributed by atoms with Gasteiger partial charge in [-0.25, -0.2) is 0 Å². The van der Waals surface area contributed by atoms with Crippen LogP contribution in [0.15, 0.2) is 54.6 Å². The molecule has 0 radical (unpaired) electrons. The molecule has 0 atom stereocenters. The molecule has 0 spiro atoms. The van der Waals surface area contributed by atoms with Crippen LogP contribution in [0, 0.1) is 0 Å². The number of hydrogen-bond donors (Lipinski definition) is 2. The van der Waals surface area contributed by atoms with E-state index in [1.54, 1.807) is 0 Å². The summed E-state index contributed by atoms with van der Waals surface area (Å²) in [6, 6.07) is 17.3. The van der Waals surface area contributed by atoms with Crippen molar-refractivity contribution in [1.29, 1.82) is 0 Å². The number of benzene rings is 2. The summed E-state index contributed by atoms with van der Waals surface area (Å²) in [5.74, 6) is 0.747. The summed E-state index contributed by atoms with van der Waals surface area (Å²) < 4.78 is 5.66. The van der Waals surface area contributed by atoms with Gasteiger partial charge in [0.1, 0.15) is 12.4 Å². The van der Waals surface area contributed by atoms with E-state index in [1.165, 1.54) is 0 Å². The maximum absolute atomic E-state index is 10.2. The lowest BCUT2D eigenvalue weighted by atomic mass is 10.2. The van der Waals surface area contributed by atoms with Crippen molar-refractivity contribution in [3.8, 4) is 5.75 Å². The van der Waals surface area contributed by atoms with Gasteiger partial charge in [-0.3, -0.25) is 15.6 Å². The number of carbonyl (C=O) groups excluding carboxylic acids is 1. The van der Waals surface area contributed by atoms with Gasteiger partial charge in [0, 0.05) is 6.07 Å². The van der Waals surface area contributed by atoms with Crippen LogP contribution in [0.2, 0.25) is 0 Å². The minimum atomic E-state index is 0.519. The van der Waals surface area contributed by atoms with E-state index in [0.717, 1.165) is 17.0 Å². The molecule has 2 N–H and O–H groups in total. The highest BCUT2D eigenvalue weighted by molar-refractivity contribution is 5.54. The van der Waals surface area contributed by atoms with Crippen LogP contribution in [0.5, 0.6) is 5.75 Å². The van der Waals surface area contributed by atoms with Gasteiger partial charge in [-0.2, -0.15) is 0 Å². The van der Waals surface area contributed by atoms with Crippen LogP contribution in [0.4, 0.5) is 5.69 Å². The first kappa shape index (κ1) is 12.0. The molecule has 1 amide bonds. The summed E-state index contributed by atoms with van der Waals surface area (Å²) in [4.78, 5) is 10.2. The molecule has 0 aliphatic carbocycles. The molecule has 0 saturated heterocycles. The maximum Gasteiger partial charge on any atom is 0.225 e. The molecule has 4 nitrogen and oxygen atoms in total. The van der Waals surface area contributed by atoms with Gasteiger partial charge in [-0.05, 0) is 17.7 Å². The highest BCUT2D eigenvalue weighted by Gasteiger charge is 1.97. The van der Waals surface area contributed by atoms with Crippen molar-refractivity contribution in [3.63, 3.8) is 0 Å². The second-order valence-corrected chi connectivity index (χ2v) is 3.69.